The van der Waals surface area contributed by atoms with Crippen LogP contribution in [-0.4, -0.2) is 6.54 Å². The number of nitrogens with one attached hydrogen (secondary N) is 1. The van der Waals surface area contributed by atoms with E-state index in [1.807, 2.05) is 24.4 Å². The minimum absolute atomic E-state index is 0.255. The van der Waals surface area contributed by atoms with E-state index in [1.165, 1.54) is 17.4 Å². The molecule has 0 bridgehead atoms. The van der Waals surface area contributed by atoms with Gasteiger partial charge >= 0.3 is 6.18 Å². The number of hydrogen-bond acceptors (Lipinski definition) is 2. The molecule has 108 valence electrons. The zero-order valence-electron chi connectivity index (χ0n) is 10.7. The lowest BCUT2D eigenvalue weighted by Crippen LogP contribution is -2.24. The minimum Gasteiger partial charge on any atom is -0.306 e. The van der Waals surface area contributed by atoms with Crippen LogP contribution in [0.15, 0.2) is 40.2 Å². The highest BCUT2D eigenvalue weighted by Gasteiger charge is 2.35. The Balaban J connectivity index is 2.54. The molecule has 6 heteroatoms. The lowest BCUT2D eigenvalue weighted by Gasteiger charge is -2.22. The second kappa shape index (κ2) is 6.28. The third-order valence-electron chi connectivity index (χ3n) is 2.87. The average molecular weight is 364 g/mol. The topological polar surface area (TPSA) is 12.0 Å². The summed E-state index contributed by atoms with van der Waals surface area (Å²) in [6.45, 7) is 2.47. The van der Waals surface area contributed by atoms with Crippen LogP contribution >= 0.6 is 27.3 Å². The molecule has 1 heterocycles. The fourth-order valence-corrected chi connectivity index (χ4v) is 3.23. The third kappa shape index (κ3) is 3.42. The fraction of sp³-hybridized carbons (Fsp3) is 0.286. The Labute approximate surface area is 128 Å². The van der Waals surface area contributed by atoms with E-state index in [0.29, 0.717) is 11.0 Å². The van der Waals surface area contributed by atoms with E-state index in [4.69, 9.17) is 0 Å². The average Bonchev–Trinajstić information content (AvgIpc) is 2.89. The number of halogens is 4. The molecule has 20 heavy (non-hydrogen) atoms. The summed E-state index contributed by atoms with van der Waals surface area (Å²) in [5, 5.41) is 5.00. The van der Waals surface area contributed by atoms with Gasteiger partial charge in [-0.1, -0.05) is 35.0 Å². The largest absolute Gasteiger partial charge is 0.416 e. The van der Waals surface area contributed by atoms with Gasteiger partial charge in [0, 0.05) is 9.35 Å². The minimum atomic E-state index is -4.37. The van der Waals surface area contributed by atoms with Crippen molar-refractivity contribution in [3.8, 4) is 0 Å². The smallest absolute Gasteiger partial charge is 0.306 e. The van der Waals surface area contributed by atoms with Crippen molar-refractivity contribution in [3.05, 3.63) is 56.2 Å². The monoisotopic (exact) mass is 363 g/mol. The van der Waals surface area contributed by atoms with Crippen LogP contribution in [0.25, 0.3) is 0 Å². The molecular weight excluding hydrogens is 351 g/mol. The van der Waals surface area contributed by atoms with Crippen LogP contribution in [0.2, 0.25) is 0 Å². The molecule has 0 saturated carbocycles. The van der Waals surface area contributed by atoms with E-state index in [0.717, 1.165) is 10.9 Å². The molecule has 0 fully saturated rings. The summed E-state index contributed by atoms with van der Waals surface area (Å²) in [4.78, 5) is 0.875. The van der Waals surface area contributed by atoms with Crippen LogP contribution in [0.4, 0.5) is 13.2 Å². The Morgan fingerprint density at radius 2 is 2.05 bits per heavy atom. The molecule has 1 aromatic heterocycles. The highest BCUT2D eigenvalue weighted by Crippen LogP contribution is 2.38. The van der Waals surface area contributed by atoms with Gasteiger partial charge in [-0.05, 0) is 35.7 Å². The first-order valence-corrected chi connectivity index (χ1v) is 7.74. The first kappa shape index (κ1) is 15.5. The molecule has 0 aliphatic carbocycles. The summed E-state index contributed by atoms with van der Waals surface area (Å²) in [5.74, 6) is 0. The van der Waals surface area contributed by atoms with Crippen molar-refractivity contribution in [2.45, 2.75) is 19.1 Å². The maximum atomic E-state index is 13.2. The van der Waals surface area contributed by atoms with Crippen LogP contribution in [0.5, 0.6) is 0 Å². The zero-order chi connectivity index (χ0) is 14.8. The Morgan fingerprint density at radius 1 is 1.30 bits per heavy atom. The Kier molecular flexibility index (Phi) is 4.88. The van der Waals surface area contributed by atoms with Crippen molar-refractivity contribution in [3.63, 3.8) is 0 Å². The van der Waals surface area contributed by atoms with Crippen molar-refractivity contribution < 1.29 is 13.2 Å². The van der Waals surface area contributed by atoms with E-state index in [-0.39, 0.29) is 5.56 Å². The molecule has 0 spiro atoms. The van der Waals surface area contributed by atoms with Crippen molar-refractivity contribution >= 4 is 27.3 Å². The van der Waals surface area contributed by atoms with Crippen LogP contribution in [0.3, 0.4) is 0 Å². The van der Waals surface area contributed by atoms with Crippen LogP contribution in [0, 0.1) is 0 Å². The van der Waals surface area contributed by atoms with Gasteiger partial charge in [0.2, 0.25) is 0 Å². The molecule has 1 atom stereocenters. The maximum absolute atomic E-state index is 13.2. The van der Waals surface area contributed by atoms with E-state index in [2.05, 4.69) is 21.2 Å². The maximum Gasteiger partial charge on any atom is 0.416 e. The van der Waals surface area contributed by atoms with Crippen LogP contribution in [0.1, 0.15) is 29.0 Å². The van der Waals surface area contributed by atoms with E-state index in [9.17, 15) is 13.2 Å². The molecule has 0 saturated heterocycles. The summed E-state index contributed by atoms with van der Waals surface area (Å²) in [6.07, 6.45) is -4.37. The first-order valence-electron chi connectivity index (χ1n) is 6.07. The van der Waals surface area contributed by atoms with Gasteiger partial charge in [0.15, 0.2) is 0 Å². The Hall–Kier alpha value is -0.850. The normalized spacial score (nSPS) is 13.4. The van der Waals surface area contributed by atoms with Gasteiger partial charge in [0.1, 0.15) is 0 Å². The number of benzene rings is 1. The number of thiophene rings is 1. The molecule has 1 nitrogen and oxygen atoms in total. The van der Waals surface area contributed by atoms with Crippen molar-refractivity contribution in [2.24, 2.45) is 0 Å². The van der Waals surface area contributed by atoms with E-state index >= 15 is 0 Å². The summed E-state index contributed by atoms with van der Waals surface area (Å²) >= 11 is 4.56. The molecule has 2 rings (SSSR count). The number of rotatable bonds is 4. The predicted octanol–water partition coefficient (Wildman–Crippen LogP) is 5.23. The molecule has 0 aliphatic heterocycles. The number of hydrogen-bond donors (Lipinski definition) is 1. The van der Waals surface area contributed by atoms with Gasteiger partial charge < -0.3 is 5.32 Å². The molecule has 1 unspecified atom stereocenters. The molecular formula is C14H13BrF3NS. The van der Waals surface area contributed by atoms with Crippen molar-refractivity contribution in [1.29, 1.82) is 0 Å². The molecule has 0 radical (unpaired) electrons. The van der Waals surface area contributed by atoms with E-state index in [1.54, 1.807) is 6.07 Å². The summed E-state index contributed by atoms with van der Waals surface area (Å²) in [5.41, 5.74) is -0.351. The summed E-state index contributed by atoms with van der Waals surface area (Å²) < 4.78 is 40.1. The third-order valence-corrected chi connectivity index (χ3v) is 4.30. The molecule has 2 aromatic rings. The zero-order valence-corrected chi connectivity index (χ0v) is 13.1. The summed E-state index contributed by atoms with van der Waals surface area (Å²) in [7, 11) is 0. The van der Waals surface area contributed by atoms with Gasteiger partial charge in [-0.3, -0.25) is 0 Å². The molecule has 1 aromatic carbocycles. The number of alkyl halides is 3. The highest BCUT2D eigenvalue weighted by molar-refractivity contribution is 9.10. The molecule has 0 aliphatic rings. The van der Waals surface area contributed by atoms with Crippen molar-refractivity contribution in [2.75, 3.05) is 6.54 Å². The standard InChI is InChI=1S/C14H13BrF3NS/c1-2-19-13(12-4-3-7-20-12)10-6-5-9(15)8-11(10)14(16,17)18/h3-8,13,19H,2H2,1H3. The Bertz CT molecular complexity index is 566. The lowest BCUT2D eigenvalue weighted by molar-refractivity contribution is -0.138. The van der Waals surface area contributed by atoms with Crippen LogP contribution < -0.4 is 5.32 Å². The van der Waals surface area contributed by atoms with Gasteiger partial charge in [-0.2, -0.15) is 13.2 Å². The van der Waals surface area contributed by atoms with Gasteiger partial charge in [0.05, 0.1) is 11.6 Å². The Morgan fingerprint density at radius 3 is 2.60 bits per heavy atom. The van der Waals surface area contributed by atoms with Gasteiger partial charge in [-0.25, -0.2) is 0 Å². The van der Waals surface area contributed by atoms with E-state index < -0.39 is 17.8 Å². The molecule has 1 N–H and O–H groups in total. The van der Waals surface area contributed by atoms with Crippen LogP contribution in [-0.2, 0) is 6.18 Å². The second-order valence-electron chi connectivity index (χ2n) is 4.24. The first-order chi connectivity index (χ1) is 9.43. The second-order valence-corrected chi connectivity index (χ2v) is 6.13. The summed E-state index contributed by atoms with van der Waals surface area (Å²) in [6, 6.07) is 7.55. The van der Waals surface area contributed by atoms with Crippen molar-refractivity contribution in [1.82, 2.24) is 5.32 Å². The predicted molar refractivity (Wildman–Crippen MR) is 79.0 cm³/mol. The highest BCUT2D eigenvalue weighted by atomic mass is 79.9. The fourth-order valence-electron chi connectivity index (χ4n) is 2.05. The lowest BCUT2D eigenvalue weighted by atomic mass is 9.98. The quantitative estimate of drug-likeness (QED) is 0.784. The SMILES string of the molecule is CCNC(c1cccs1)c1ccc(Br)cc1C(F)(F)F. The van der Waals surface area contributed by atoms with Gasteiger partial charge in [-0.15, -0.1) is 11.3 Å². The molecule has 0 amide bonds. The van der Waals surface area contributed by atoms with Gasteiger partial charge in [0.25, 0.3) is 0 Å².